The molecule has 3 aromatic rings. The van der Waals surface area contributed by atoms with E-state index in [4.69, 9.17) is 0 Å². The highest BCUT2D eigenvalue weighted by atomic mass is 19.1. The van der Waals surface area contributed by atoms with Crippen LogP contribution in [0.4, 0.5) is 10.1 Å². The van der Waals surface area contributed by atoms with E-state index >= 15 is 0 Å². The van der Waals surface area contributed by atoms with Crippen LogP contribution in [0.3, 0.4) is 0 Å². The number of para-hydroxylation sites is 1. The second kappa shape index (κ2) is 6.23. The number of aryl methyl sites for hydroxylation is 1. The van der Waals surface area contributed by atoms with E-state index in [0.717, 1.165) is 6.07 Å². The molecule has 0 radical (unpaired) electrons. The first-order chi connectivity index (χ1) is 11.5. The summed E-state index contributed by atoms with van der Waals surface area (Å²) in [5.41, 5.74) is 0.359. The average molecular weight is 325 g/mol. The molecule has 1 amide bonds. The highest BCUT2D eigenvalue weighted by Crippen LogP contribution is 2.16. The fourth-order valence-electron chi connectivity index (χ4n) is 2.57. The van der Waals surface area contributed by atoms with Crippen LogP contribution in [0, 0.1) is 5.82 Å². The Balaban J connectivity index is 2.17. The first kappa shape index (κ1) is 15.9. The van der Waals surface area contributed by atoms with Gasteiger partial charge in [-0.3, -0.25) is 14.3 Å². The Morgan fingerprint density at radius 1 is 1.21 bits per heavy atom. The zero-order valence-electron chi connectivity index (χ0n) is 13.4. The quantitative estimate of drug-likeness (QED) is 0.744. The Labute approximate surface area is 137 Å². The van der Waals surface area contributed by atoms with Crippen molar-refractivity contribution >= 4 is 22.5 Å². The fraction of sp³-hybridized carbons (Fsp3) is 0.167. The Morgan fingerprint density at radius 3 is 2.58 bits per heavy atom. The lowest BCUT2D eigenvalue weighted by atomic mass is 10.1. The van der Waals surface area contributed by atoms with Gasteiger partial charge in [-0.25, -0.2) is 4.39 Å². The number of halogens is 1. The molecule has 0 fully saturated rings. The lowest BCUT2D eigenvalue weighted by Crippen LogP contribution is -2.33. The van der Waals surface area contributed by atoms with E-state index in [9.17, 15) is 14.0 Å². The van der Waals surface area contributed by atoms with Crippen molar-refractivity contribution in [1.29, 1.82) is 0 Å². The van der Waals surface area contributed by atoms with Gasteiger partial charge < -0.3 is 4.90 Å². The van der Waals surface area contributed by atoms with Crippen molar-refractivity contribution in [1.82, 2.24) is 9.78 Å². The molecule has 0 N–H and O–H groups in total. The number of fused-ring (bicyclic) bond motifs is 1. The maximum atomic E-state index is 13.5. The van der Waals surface area contributed by atoms with Crippen molar-refractivity contribution in [3.63, 3.8) is 0 Å². The number of rotatable bonds is 3. The largest absolute Gasteiger partial charge is 0.310 e. The summed E-state index contributed by atoms with van der Waals surface area (Å²) in [6.45, 7) is 2.30. The van der Waals surface area contributed by atoms with Gasteiger partial charge in [-0.1, -0.05) is 18.2 Å². The molecule has 0 unspecified atom stereocenters. The van der Waals surface area contributed by atoms with E-state index < -0.39 is 17.2 Å². The van der Waals surface area contributed by atoms with E-state index in [1.807, 2.05) is 13.0 Å². The highest BCUT2D eigenvalue weighted by Gasteiger charge is 2.21. The van der Waals surface area contributed by atoms with Crippen molar-refractivity contribution in [2.45, 2.75) is 13.5 Å². The summed E-state index contributed by atoms with van der Waals surface area (Å²) in [6, 6.07) is 12.9. The Hall–Kier alpha value is -3.02. The smallest absolute Gasteiger partial charge is 0.282 e. The van der Waals surface area contributed by atoms with Gasteiger partial charge in [-0.2, -0.15) is 5.10 Å². The maximum absolute atomic E-state index is 13.5. The SMILES string of the molecule is CCn1nc(C(=O)N(C)c2ccccc2)c(=O)c2cc(F)ccc21. The van der Waals surface area contributed by atoms with Crippen LogP contribution in [-0.4, -0.2) is 22.7 Å². The molecule has 0 spiro atoms. The molecule has 0 aliphatic heterocycles. The third kappa shape index (κ3) is 2.67. The second-order valence-corrected chi connectivity index (χ2v) is 5.35. The standard InChI is InChI=1S/C18H16FN3O2/c1-3-22-15-10-9-12(19)11-14(15)17(23)16(20-22)18(24)21(2)13-7-5-4-6-8-13/h4-11H,3H2,1-2H3. The van der Waals surface area contributed by atoms with Gasteiger partial charge in [0.15, 0.2) is 5.69 Å². The molecule has 0 bridgehead atoms. The van der Waals surface area contributed by atoms with Gasteiger partial charge in [0.05, 0.1) is 10.9 Å². The number of hydrogen-bond donors (Lipinski definition) is 0. The Morgan fingerprint density at radius 2 is 1.92 bits per heavy atom. The summed E-state index contributed by atoms with van der Waals surface area (Å²) >= 11 is 0. The number of benzene rings is 2. The second-order valence-electron chi connectivity index (χ2n) is 5.35. The van der Waals surface area contributed by atoms with Crippen LogP contribution < -0.4 is 10.3 Å². The molecular formula is C18H16FN3O2. The number of carbonyl (C=O) groups is 1. The molecule has 0 saturated heterocycles. The molecular weight excluding hydrogens is 309 g/mol. The average Bonchev–Trinajstić information content (AvgIpc) is 2.62. The lowest BCUT2D eigenvalue weighted by Gasteiger charge is -2.17. The van der Waals surface area contributed by atoms with E-state index in [0.29, 0.717) is 17.7 Å². The predicted octanol–water partition coefficient (Wildman–Crippen LogP) is 2.83. The van der Waals surface area contributed by atoms with Crippen LogP contribution in [0.15, 0.2) is 53.3 Å². The van der Waals surface area contributed by atoms with Gasteiger partial charge in [0, 0.05) is 19.3 Å². The van der Waals surface area contributed by atoms with E-state index in [1.165, 1.54) is 21.7 Å². The third-order valence-corrected chi connectivity index (χ3v) is 3.87. The molecule has 0 atom stereocenters. The minimum Gasteiger partial charge on any atom is -0.310 e. The summed E-state index contributed by atoms with van der Waals surface area (Å²) in [5, 5.41) is 4.34. The third-order valence-electron chi connectivity index (χ3n) is 3.87. The number of anilines is 1. The van der Waals surface area contributed by atoms with Crippen molar-refractivity contribution < 1.29 is 9.18 Å². The minimum absolute atomic E-state index is 0.150. The number of nitrogens with zero attached hydrogens (tertiary/aromatic N) is 3. The molecule has 0 aliphatic carbocycles. The zero-order chi connectivity index (χ0) is 17.3. The number of hydrogen-bond acceptors (Lipinski definition) is 3. The van der Waals surface area contributed by atoms with E-state index in [-0.39, 0.29) is 11.1 Å². The van der Waals surface area contributed by atoms with Crippen molar-refractivity contribution in [2.75, 3.05) is 11.9 Å². The maximum Gasteiger partial charge on any atom is 0.282 e. The Bertz CT molecular complexity index is 967. The summed E-state index contributed by atoms with van der Waals surface area (Å²) in [4.78, 5) is 26.7. The van der Waals surface area contributed by atoms with Gasteiger partial charge in [-0.15, -0.1) is 0 Å². The molecule has 6 heteroatoms. The molecule has 0 saturated carbocycles. The molecule has 2 aromatic carbocycles. The fourth-order valence-corrected chi connectivity index (χ4v) is 2.57. The predicted molar refractivity (Wildman–Crippen MR) is 90.8 cm³/mol. The molecule has 3 rings (SSSR count). The van der Waals surface area contributed by atoms with E-state index in [2.05, 4.69) is 5.10 Å². The number of carbonyl (C=O) groups excluding carboxylic acids is 1. The molecule has 24 heavy (non-hydrogen) atoms. The molecule has 1 aromatic heterocycles. The van der Waals surface area contributed by atoms with Gasteiger partial charge >= 0.3 is 0 Å². The zero-order valence-corrected chi connectivity index (χ0v) is 13.4. The van der Waals surface area contributed by atoms with Crippen molar-refractivity contribution in [2.24, 2.45) is 0 Å². The van der Waals surface area contributed by atoms with Crippen molar-refractivity contribution in [3.05, 3.63) is 70.3 Å². The Kier molecular flexibility index (Phi) is 4.12. The summed E-state index contributed by atoms with van der Waals surface area (Å²) < 4.78 is 15.1. The summed E-state index contributed by atoms with van der Waals surface area (Å²) in [7, 11) is 1.57. The molecule has 0 aliphatic rings. The highest BCUT2D eigenvalue weighted by molar-refractivity contribution is 6.05. The first-order valence-corrected chi connectivity index (χ1v) is 7.56. The van der Waals surface area contributed by atoms with Crippen molar-refractivity contribution in [3.8, 4) is 0 Å². The van der Waals surface area contributed by atoms with Crippen LogP contribution in [0.25, 0.3) is 10.9 Å². The van der Waals surface area contributed by atoms with Gasteiger partial charge in [0.25, 0.3) is 5.91 Å². The van der Waals surface area contributed by atoms with Gasteiger partial charge in [0.2, 0.25) is 5.43 Å². The van der Waals surface area contributed by atoms with Gasteiger partial charge in [-0.05, 0) is 37.3 Å². The summed E-state index contributed by atoms with van der Waals surface area (Å²) in [5.74, 6) is -1.05. The number of aromatic nitrogens is 2. The number of amides is 1. The van der Waals surface area contributed by atoms with E-state index in [1.54, 1.807) is 31.3 Å². The van der Waals surface area contributed by atoms with Crippen LogP contribution in [0.5, 0.6) is 0 Å². The first-order valence-electron chi connectivity index (χ1n) is 7.56. The van der Waals surface area contributed by atoms with Gasteiger partial charge in [0.1, 0.15) is 5.82 Å². The molecule has 5 nitrogen and oxygen atoms in total. The summed E-state index contributed by atoms with van der Waals surface area (Å²) in [6.07, 6.45) is 0. The molecule has 1 heterocycles. The van der Waals surface area contributed by atoms with Crippen LogP contribution >= 0.6 is 0 Å². The normalized spacial score (nSPS) is 10.8. The van der Waals surface area contributed by atoms with Crippen LogP contribution in [-0.2, 0) is 6.54 Å². The minimum atomic E-state index is -0.568. The lowest BCUT2D eigenvalue weighted by molar-refractivity contribution is 0.0985. The van der Waals surface area contributed by atoms with Crippen LogP contribution in [0.1, 0.15) is 17.4 Å². The molecule has 122 valence electrons. The van der Waals surface area contributed by atoms with Crippen LogP contribution in [0.2, 0.25) is 0 Å². The topological polar surface area (TPSA) is 55.2 Å². The monoisotopic (exact) mass is 325 g/mol.